The molecule has 0 saturated heterocycles. The van der Waals surface area contributed by atoms with Gasteiger partial charge in [0.2, 0.25) is 0 Å². The molecule has 3 heteroatoms. The Labute approximate surface area is 101 Å². The Morgan fingerprint density at radius 2 is 2.27 bits per heavy atom. The highest BCUT2D eigenvalue weighted by Crippen LogP contribution is 2.39. The zero-order chi connectivity index (χ0) is 11.5. The molecule has 88 valence electrons. The van der Waals surface area contributed by atoms with Gasteiger partial charge in [-0.05, 0) is 25.7 Å². The Morgan fingerprint density at radius 3 is 2.67 bits per heavy atom. The highest BCUT2D eigenvalue weighted by atomic mass is 79.9. The lowest BCUT2D eigenvalue weighted by Gasteiger charge is -2.23. The van der Waals surface area contributed by atoms with Crippen LogP contribution in [0.4, 0.5) is 0 Å². The van der Waals surface area contributed by atoms with E-state index in [-0.39, 0.29) is 17.8 Å². The van der Waals surface area contributed by atoms with Crippen molar-refractivity contribution in [2.45, 2.75) is 46.5 Å². The van der Waals surface area contributed by atoms with Gasteiger partial charge >= 0.3 is 0 Å². The van der Waals surface area contributed by atoms with Crippen LogP contribution in [0.25, 0.3) is 0 Å². The molecule has 2 nitrogen and oxygen atoms in total. The second-order valence-corrected chi connectivity index (χ2v) is 5.30. The summed E-state index contributed by atoms with van der Waals surface area (Å²) in [5.41, 5.74) is 1.69. The van der Waals surface area contributed by atoms with E-state index in [9.17, 15) is 0 Å². The zero-order valence-corrected chi connectivity index (χ0v) is 11.6. The van der Waals surface area contributed by atoms with Crippen LogP contribution in [-0.4, -0.2) is 24.3 Å². The Morgan fingerprint density at radius 1 is 1.60 bits per heavy atom. The molecule has 1 aliphatic carbocycles. The molecule has 0 heterocycles. The van der Waals surface area contributed by atoms with Gasteiger partial charge in [0.15, 0.2) is 6.29 Å². The van der Waals surface area contributed by atoms with Crippen LogP contribution in [0.3, 0.4) is 0 Å². The van der Waals surface area contributed by atoms with Crippen LogP contribution in [0.5, 0.6) is 0 Å². The van der Waals surface area contributed by atoms with Gasteiger partial charge < -0.3 is 9.47 Å². The van der Waals surface area contributed by atoms with Gasteiger partial charge in [-0.2, -0.15) is 0 Å². The molecule has 1 aliphatic rings. The molecule has 0 aromatic rings. The molecule has 0 aromatic carbocycles. The van der Waals surface area contributed by atoms with Gasteiger partial charge in [0.05, 0.1) is 11.4 Å². The van der Waals surface area contributed by atoms with Crippen LogP contribution in [0.2, 0.25) is 0 Å². The summed E-state index contributed by atoms with van der Waals surface area (Å²) in [6.07, 6.45) is 3.34. The molecule has 15 heavy (non-hydrogen) atoms. The first kappa shape index (κ1) is 13.2. The zero-order valence-electron chi connectivity index (χ0n) is 10.0. The SMILES string of the molecule is CCOC(CBr)OC1C=C(C)C(C)(C)C1. The van der Waals surface area contributed by atoms with Crippen LogP contribution >= 0.6 is 15.9 Å². The number of rotatable bonds is 5. The molecule has 0 N–H and O–H groups in total. The first-order chi connectivity index (χ1) is 6.99. The van der Waals surface area contributed by atoms with Gasteiger partial charge in [-0.1, -0.05) is 41.4 Å². The number of alkyl halides is 1. The summed E-state index contributed by atoms with van der Waals surface area (Å²) in [4.78, 5) is 0. The molecule has 2 atom stereocenters. The Balaban J connectivity index is 2.48. The number of allylic oxidation sites excluding steroid dienone is 1. The average Bonchev–Trinajstić information content (AvgIpc) is 2.40. The quantitative estimate of drug-likeness (QED) is 0.435. The van der Waals surface area contributed by atoms with E-state index in [1.807, 2.05) is 6.92 Å². The lowest BCUT2D eigenvalue weighted by molar-refractivity contribution is -0.144. The van der Waals surface area contributed by atoms with Gasteiger partial charge in [0.25, 0.3) is 0 Å². The van der Waals surface area contributed by atoms with Crippen LogP contribution in [0, 0.1) is 5.41 Å². The minimum Gasteiger partial charge on any atom is -0.352 e. The van der Waals surface area contributed by atoms with E-state index in [1.54, 1.807) is 0 Å². The molecule has 0 saturated carbocycles. The van der Waals surface area contributed by atoms with Crippen molar-refractivity contribution in [2.24, 2.45) is 5.41 Å². The lowest BCUT2D eigenvalue weighted by Crippen LogP contribution is -2.25. The number of hydrogen-bond donors (Lipinski definition) is 0. The van der Waals surface area contributed by atoms with Crippen LogP contribution in [0.15, 0.2) is 11.6 Å². The van der Waals surface area contributed by atoms with Gasteiger partial charge in [0.1, 0.15) is 0 Å². The summed E-state index contributed by atoms with van der Waals surface area (Å²) in [5, 5.41) is 0.727. The van der Waals surface area contributed by atoms with Crippen molar-refractivity contribution in [2.75, 3.05) is 11.9 Å². The fourth-order valence-electron chi connectivity index (χ4n) is 1.82. The van der Waals surface area contributed by atoms with E-state index < -0.39 is 0 Å². The molecule has 0 radical (unpaired) electrons. The highest BCUT2D eigenvalue weighted by Gasteiger charge is 2.32. The average molecular weight is 277 g/mol. The van der Waals surface area contributed by atoms with Crippen LogP contribution in [0.1, 0.15) is 34.1 Å². The molecule has 0 amide bonds. The molecular weight excluding hydrogens is 256 g/mol. The van der Waals surface area contributed by atoms with Crippen molar-refractivity contribution in [3.63, 3.8) is 0 Å². The maximum absolute atomic E-state index is 5.86. The van der Waals surface area contributed by atoms with Crippen LogP contribution in [-0.2, 0) is 9.47 Å². The van der Waals surface area contributed by atoms with E-state index in [4.69, 9.17) is 9.47 Å². The first-order valence-corrected chi connectivity index (χ1v) is 6.63. The van der Waals surface area contributed by atoms with Gasteiger partial charge in [-0.25, -0.2) is 0 Å². The van der Waals surface area contributed by atoms with Crippen molar-refractivity contribution >= 4 is 15.9 Å². The fraction of sp³-hybridized carbons (Fsp3) is 0.833. The highest BCUT2D eigenvalue weighted by molar-refractivity contribution is 9.09. The number of hydrogen-bond acceptors (Lipinski definition) is 2. The Kier molecular flexibility index (Phi) is 4.81. The summed E-state index contributed by atoms with van der Waals surface area (Å²) >= 11 is 3.40. The largest absolute Gasteiger partial charge is 0.352 e. The van der Waals surface area contributed by atoms with Crippen molar-refractivity contribution in [1.82, 2.24) is 0 Å². The first-order valence-electron chi connectivity index (χ1n) is 5.51. The smallest absolute Gasteiger partial charge is 0.167 e. The third-order valence-corrected chi connectivity index (χ3v) is 3.55. The Bertz CT molecular complexity index is 236. The van der Waals surface area contributed by atoms with E-state index in [1.165, 1.54) is 5.57 Å². The molecular formula is C12H21BrO2. The van der Waals surface area contributed by atoms with E-state index in [0.29, 0.717) is 6.61 Å². The van der Waals surface area contributed by atoms with Gasteiger partial charge in [0, 0.05) is 6.61 Å². The Hall–Kier alpha value is 0.140. The second-order valence-electron chi connectivity index (χ2n) is 4.65. The van der Waals surface area contributed by atoms with Crippen LogP contribution < -0.4 is 0 Å². The predicted molar refractivity (Wildman–Crippen MR) is 66.2 cm³/mol. The maximum atomic E-state index is 5.86. The number of ether oxygens (including phenoxy) is 2. The maximum Gasteiger partial charge on any atom is 0.167 e. The van der Waals surface area contributed by atoms with E-state index in [2.05, 4.69) is 42.8 Å². The second kappa shape index (κ2) is 5.46. The summed E-state index contributed by atoms with van der Waals surface area (Å²) in [7, 11) is 0. The molecule has 0 spiro atoms. The van der Waals surface area contributed by atoms with Gasteiger partial charge in [-0.15, -0.1) is 0 Å². The van der Waals surface area contributed by atoms with Gasteiger partial charge in [-0.3, -0.25) is 0 Å². The third-order valence-electron chi connectivity index (χ3n) is 3.02. The van der Waals surface area contributed by atoms with Crippen molar-refractivity contribution in [3.8, 4) is 0 Å². The predicted octanol–water partition coefficient (Wildman–Crippen LogP) is 3.51. The minimum absolute atomic E-state index is 0.127. The van der Waals surface area contributed by atoms with E-state index >= 15 is 0 Å². The normalized spacial score (nSPS) is 26.5. The van der Waals surface area contributed by atoms with Crippen molar-refractivity contribution < 1.29 is 9.47 Å². The summed E-state index contributed by atoms with van der Waals surface area (Å²) < 4.78 is 11.3. The standard InChI is InChI=1S/C12H21BrO2/c1-5-14-11(8-13)15-10-6-9(2)12(3,4)7-10/h6,10-11H,5,7-8H2,1-4H3. The fourth-order valence-corrected chi connectivity index (χ4v) is 2.16. The lowest BCUT2D eigenvalue weighted by atomic mass is 9.87. The number of halogens is 1. The summed E-state index contributed by atoms with van der Waals surface area (Å²) in [6.45, 7) is 9.36. The topological polar surface area (TPSA) is 18.5 Å². The molecule has 0 fully saturated rings. The van der Waals surface area contributed by atoms with Crippen molar-refractivity contribution in [1.29, 1.82) is 0 Å². The van der Waals surface area contributed by atoms with Crippen molar-refractivity contribution in [3.05, 3.63) is 11.6 Å². The molecule has 0 aliphatic heterocycles. The van der Waals surface area contributed by atoms with E-state index in [0.717, 1.165) is 11.8 Å². The monoisotopic (exact) mass is 276 g/mol. The molecule has 0 bridgehead atoms. The summed E-state index contributed by atoms with van der Waals surface area (Å²) in [5.74, 6) is 0. The minimum atomic E-state index is -0.127. The summed E-state index contributed by atoms with van der Waals surface area (Å²) in [6, 6.07) is 0. The molecule has 1 rings (SSSR count). The molecule has 0 aromatic heterocycles. The molecule has 2 unspecified atom stereocenters. The third kappa shape index (κ3) is 3.58.